The SMILES string of the molecule is O=c1[nH]c2c(S(=O)(=O)c3ccc4ccn(CCC5CCCC5)c4c3)ccc(Cl)c2c(=O)n1O. The third kappa shape index (κ3) is 3.65. The number of aryl methyl sites for hydroxylation is 1. The van der Waals surface area contributed by atoms with E-state index < -0.39 is 21.1 Å². The van der Waals surface area contributed by atoms with E-state index in [0.29, 0.717) is 5.92 Å². The highest BCUT2D eigenvalue weighted by Gasteiger charge is 2.25. The average Bonchev–Trinajstić information content (AvgIpc) is 3.45. The number of halogens is 1. The number of nitrogens with zero attached hydrogens (tertiary/aromatic N) is 2. The Morgan fingerprint density at radius 1 is 1.09 bits per heavy atom. The van der Waals surface area contributed by atoms with E-state index in [2.05, 4.69) is 9.55 Å². The normalized spacial score (nSPS) is 15.1. The molecular weight excluding hydrogens is 466 g/mol. The van der Waals surface area contributed by atoms with Gasteiger partial charge < -0.3 is 14.8 Å². The quantitative estimate of drug-likeness (QED) is 0.414. The number of hydrogen-bond donors (Lipinski definition) is 2. The van der Waals surface area contributed by atoms with Crippen LogP contribution in [0.3, 0.4) is 0 Å². The van der Waals surface area contributed by atoms with Crippen LogP contribution in [0.15, 0.2) is 62.0 Å². The molecule has 5 rings (SSSR count). The highest BCUT2D eigenvalue weighted by Crippen LogP contribution is 2.32. The second-order valence-electron chi connectivity index (χ2n) is 8.51. The molecule has 0 aliphatic heterocycles. The van der Waals surface area contributed by atoms with Crippen molar-refractivity contribution < 1.29 is 13.6 Å². The molecule has 2 heterocycles. The molecule has 2 aromatic carbocycles. The minimum atomic E-state index is -4.12. The summed E-state index contributed by atoms with van der Waals surface area (Å²) in [6, 6.07) is 9.34. The largest absolute Gasteiger partial charge is 0.421 e. The molecule has 0 unspecified atom stereocenters. The van der Waals surface area contributed by atoms with Gasteiger partial charge in [0, 0.05) is 18.3 Å². The summed E-state index contributed by atoms with van der Waals surface area (Å²) in [5.41, 5.74) is -1.67. The predicted molar refractivity (Wildman–Crippen MR) is 125 cm³/mol. The first-order valence-corrected chi connectivity index (χ1v) is 12.6. The average molecular weight is 488 g/mol. The zero-order valence-corrected chi connectivity index (χ0v) is 19.2. The number of hydrogen-bond acceptors (Lipinski definition) is 5. The number of aromatic nitrogens is 3. The van der Waals surface area contributed by atoms with Crippen molar-refractivity contribution in [2.75, 3.05) is 0 Å². The van der Waals surface area contributed by atoms with Crippen LogP contribution < -0.4 is 11.2 Å². The van der Waals surface area contributed by atoms with Gasteiger partial charge in [0.1, 0.15) is 0 Å². The van der Waals surface area contributed by atoms with E-state index in [1.165, 1.54) is 43.9 Å². The molecule has 10 heteroatoms. The Bertz CT molecular complexity index is 1610. The molecule has 1 aliphatic carbocycles. The number of fused-ring (bicyclic) bond motifs is 2. The van der Waals surface area contributed by atoms with E-state index in [0.717, 1.165) is 23.9 Å². The summed E-state index contributed by atoms with van der Waals surface area (Å²) in [5.74, 6) is 0.710. The summed E-state index contributed by atoms with van der Waals surface area (Å²) in [5, 5.41) is 10.2. The number of sulfone groups is 1. The Balaban J connectivity index is 1.62. The zero-order chi connectivity index (χ0) is 23.3. The van der Waals surface area contributed by atoms with E-state index in [-0.39, 0.29) is 30.4 Å². The third-order valence-corrected chi connectivity index (χ3v) is 8.65. The van der Waals surface area contributed by atoms with Gasteiger partial charge in [-0.2, -0.15) is 0 Å². The first-order chi connectivity index (χ1) is 15.8. The molecule has 0 radical (unpaired) electrons. The van der Waals surface area contributed by atoms with E-state index >= 15 is 0 Å². The maximum Gasteiger partial charge on any atom is 0.362 e. The Morgan fingerprint density at radius 3 is 2.61 bits per heavy atom. The Labute approximate surface area is 193 Å². The van der Waals surface area contributed by atoms with Crippen molar-refractivity contribution in [3.05, 3.63) is 68.5 Å². The fourth-order valence-electron chi connectivity index (χ4n) is 4.75. The standard InChI is InChI=1S/C23H22ClN3O5S/c24-17-7-8-19(21-20(17)22(28)27(30)23(29)25-21)33(31,32)16-6-5-15-10-12-26(18(15)13-16)11-9-14-3-1-2-4-14/h5-8,10,12-14,30H,1-4,9,11H2,(H,25,29). The molecule has 1 aliphatic rings. The van der Waals surface area contributed by atoms with Crippen LogP contribution in [-0.2, 0) is 16.4 Å². The first-order valence-electron chi connectivity index (χ1n) is 10.8. The number of rotatable bonds is 5. The van der Waals surface area contributed by atoms with Gasteiger partial charge in [0.25, 0.3) is 5.56 Å². The lowest BCUT2D eigenvalue weighted by atomic mass is 10.0. The van der Waals surface area contributed by atoms with Gasteiger partial charge in [0.2, 0.25) is 9.84 Å². The molecule has 0 amide bonds. The molecule has 0 spiro atoms. The molecule has 0 saturated heterocycles. The lowest BCUT2D eigenvalue weighted by Crippen LogP contribution is -2.33. The van der Waals surface area contributed by atoms with Crippen LogP contribution in [-0.4, -0.2) is 27.9 Å². The van der Waals surface area contributed by atoms with Gasteiger partial charge >= 0.3 is 5.69 Å². The minimum Gasteiger partial charge on any atom is -0.421 e. The van der Waals surface area contributed by atoms with Crippen molar-refractivity contribution in [2.24, 2.45) is 5.92 Å². The molecule has 4 aromatic rings. The number of nitrogens with one attached hydrogen (secondary N) is 1. The van der Waals surface area contributed by atoms with Crippen molar-refractivity contribution >= 4 is 43.2 Å². The predicted octanol–water partition coefficient (Wildman–Crippen LogP) is 3.95. The monoisotopic (exact) mass is 487 g/mol. The Hall–Kier alpha value is -3.04. The number of aromatic amines is 1. The van der Waals surface area contributed by atoms with Gasteiger partial charge in [0.15, 0.2) is 0 Å². The topological polar surface area (TPSA) is 114 Å². The van der Waals surface area contributed by atoms with Gasteiger partial charge in [-0.1, -0.05) is 48.1 Å². The smallest absolute Gasteiger partial charge is 0.362 e. The first kappa shape index (κ1) is 21.8. The van der Waals surface area contributed by atoms with E-state index in [4.69, 9.17) is 11.6 Å². The molecule has 2 N–H and O–H groups in total. The molecule has 1 fully saturated rings. The summed E-state index contributed by atoms with van der Waals surface area (Å²) < 4.78 is 29.1. The van der Waals surface area contributed by atoms with Crippen LogP contribution in [0.5, 0.6) is 0 Å². The van der Waals surface area contributed by atoms with Gasteiger partial charge in [-0.3, -0.25) is 4.79 Å². The lowest BCUT2D eigenvalue weighted by molar-refractivity contribution is 0.162. The summed E-state index contributed by atoms with van der Waals surface area (Å²) in [6.07, 6.45) is 8.06. The van der Waals surface area contributed by atoms with Crippen LogP contribution in [0.2, 0.25) is 5.02 Å². The van der Waals surface area contributed by atoms with E-state index in [1.54, 1.807) is 12.1 Å². The third-order valence-electron chi connectivity index (χ3n) is 6.54. The van der Waals surface area contributed by atoms with Crippen LogP contribution >= 0.6 is 11.6 Å². The van der Waals surface area contributed by atoms with Gasteiger partial charge in [-0.15, -0.1) is 0 Å². The molecule has 2 aromatic heterocycles. The fraction of sp³-hybridized carbons (Fsp3) is 0.304. The van der Waals surface area contributed by atoms with Gasteiger partial charge in [-0.05, 0) is 48.1 Å². The van der Waals surface area contributed by atoms with Crippen LogP contribution in [0.25, 0.3) is 21.8 Å². The molecule has 33 heavy (non-hydrogen) atoms. The van der Waals surface area contributed by atoms with Crippen molar-refractivity contribution in [2.45, 2.75) is 48.4 Å². The number of H-pyrrole nitrogens is 1. The maximum absolute atomic E-state index is 13.6. The van der Waals surface area contributed by atoms with Gasteiger partial charge in [-0.25, -0.2) is 13.2 Å². The summed E-state index contributed by atoms with van der Waals surface area (Å²) in [7, 11) is -4.12. The molecule has 172 valence electrons. The van der Waals surface area contributed by atoms with Crippen molar-refractivity contribution in [1.29, 1.82) is 0 Å². The molecule has 1 saturated carbocycles. The number of benzene rings is 2. The summed E-state index contributed by atoms with van der Waals surface area (Å²) in [4.78, 5) is 26.4. The summed E-state index contributed by atoms with van der Waals surface area (Å²) in [6.45, 7) is 0.810. The van der Waals surface area contributed by atoms with Gasteiger partial charge in [0.05, 0.1) is 25.7 Å². The van der Waals surface area contributed by atoms with Crippen molar-refractivity contribution in [3.8, 4) is 0 Å². The minimum absolute atomic E-state index is 0.0356. The molecular formula is C23H22ClN3O5S. The highest BCUT2D eigenvalue weighted by molar-refractivity contribution is 7.91. The Morgan fingerprint density at radius 2 is 1.85 bits per heavy atom. The van der Waals surface area contributed by atoms with Crippen LogP contribution in [0.1, 0.15) is 32.1 Å². The zero-order valence-electron chi connectivity index (χ0n) is 17.6. The van der Waals surface area contributed by atoms with E-state index in [1.807, 2.05) is 12.3 Å². The van der Waals surface area contributed by atoms with Crippen molar-refractivity contribution in [1.82, 2.24) is 14.3 Å². The molecule has 0 atom stereocenters. The molecule has 0 bridgehead atoms. The summed E-state index contributed by atoms with van der Waals surface area (Å²) >= 11 is 6.08. The van der Waals surface area contributed by atoms with Crippen LogP contribution in [0, 0.1) is 5.92 Å². The second kappa shape index (κ2) is 8.07. The second-order valence-corrected chi connectivity index (χ2v) is 10.8. The lowest BCUT2D eigenvalue weighted by Gasteiger charge is -2.12. The van der Waals surface area contributed by atoms with E-state index in [9.17, 15) is 23.2 Å². The Kier molecular flexibility index (Phi) is 5.33. The van der Waals surface area contributed by atoms with Crippen LogP contribution in [0.4, 0.5) is 0 Å². The highest BCUT2D eigenvalue weighted by atomic mass is 35.5. The fourth-order valence-corrected chi connectivity index (χ4v) is 6.42. The maximum atomic E-state index is 13.6. The van der Waals surface area contributed by atoms with Crippen molar-refractivity contribution in [3.63, 3.8) is 0 Å². The molecule has 8 nitrogen and oxygen atoms in total.